The van der Waals surface area contributed by atoms with Gasteiger partial charge in [-0.05, 0) is 71.8 Å². The summed E-state index contributed by atoms with van der Waals surface area (Å²) in [5, 5.41) is 20.8. The van der Waals surface area contributed by atoms with Gasteiger partial charge < -0.3 is 38.6 Å². The van der Waals surface area contributed by atoms with Crippen LogP contribution < -0.4 is 28.4 Å². The Morgan fingerprint density at radius 1 is 0.435 bits per heavy atom. The Kier molecular flexibility index (Phi) is 9.80. The van der Waals surface area contributed by atoms with Crippen LogP contribution in [0.3, 0.4) is 0 Å². The number of rotatable bonds is 13. The molecule has 2 N–H and O–H groups in total. The Morgan fingerprint density at radius 3 is 1.00 bits per heavy atom. The summed E-state index contributed by atoms with van der Waals surface area (Å²) in [6, 6.07) is 12.3. The van der Waals surface area contributed by atoms with Crippen LogP contribution in [0.1, 0.15) is 41.4 Å². The quantitative estimate of drug-likeness (QED) is 0.151. The average molecular weight is 631 g/mol. The lowest BCUT2D eigenvalue weighted by Crippen LogP contribution is -2.18. The summed E-state index contributed by atoms with van der Waals surface area (Å²) in [4.78, 5) is 54.5. The van der Waals surface area contributed by atoms with E-state index in [0.29, 0.717) is 0 Å². The van der Waals surface area contributed by atoms with Crippen LogP contribution in [0.4, 0.5) is 0 Å². The van der Waals surface area contributed by atoms with E-state index >= 15 is 0 Å². The van der Waals surface area contributed by atoms with Crippen LogP contribution in [0.25, 0.3) is 11.1 Å². The number of benzene rings is 4. The lowest BCUT2D eigenvalue weighted by atomic mass is 9.88. The van der Waals surface area contributed by atoms with Gasteiger partial charge in [0, 0.05) is 22.3 Å². The van der Waals surface area contributed by atoms with Crippen molar-refractivity contribution in [3.8, 4) is 57.1 Å². The molecule has 4 aromatic carbocycles. The predicted molar refractivity (Wildman–Crippen MR) is 165 cm³/mol. The molecular weight excluding hydrogens is 600 g/mol. The molecule has 0 heterocycles. The third-order valence-electron chi connectivity index (χ3n) is 7.05. The second-order valence-electron chi connectivity index (χ2n) is 9.60. The number of ketones is 4. The Hall–Kier alpha value is -6.04. The summed E-state index contributed by atoms with van der Waals surface area (Å²) in [5.41, 5.74) is -0.829. The van der Waals surface area contributed by atoms with Crippen molar-refractivity contribution in [2.24, 2.45) is 0 Å². The lowest BCUT2D eigenvalue weighted by molar-refractivity contribution is 0.0815. The molecule has 0 amide bonds. The van der Waals surface area contributed by atoms with Crippen molar-refractivity contribution in [1.29, 1.82) is 0 Å². The highest BCUT2D eigenvalue weighted by molar-refractivity contribution is 6.52. The molecule has 0 aromatic heterocycles. The van der Waals surface area contributed by atoms with Crippen LogP contribution in [-0.4, -0.2) is 76.0 Å². The van der Waals surface area contributed by atoms with Gasteiger partial charge in [-0.1, -0.05) is 0 Å². The minimum Gasteiger partial charge on any atom is -0.508 e. The largest absolute Gasteiger partial charge is 0.508 e. The maximum absolute atomic E-state index is 13.7. The molecule has 0 radical (unpaired) electrons. The number of phenols is 2. The molecule has 0 unspecified atom stereocenters. The average Bonchev–Trinajstić information content (AvgIpc) is 3.08. The number of hydrogen-bond acceptors (Lipinski definition) is 12. The Balaban J connectivity index is 1.84. The molecule has 12 nitrogen and oxygen atoms in total. The van der Waals surface area contributed by atoms with Crippen molar-refractivity contribution in [2.75, 3.05) is 42.7 Å². The Morgan fingerprint density at radius 2 is 0.739 bits per heavy atom. The van der Waals surface area contributed by atoms with E-state index in [1.807, 2.05) is 0 Å². The van der Waals surface area contributed by atoms with Gasteiger partial charge in [0.25, 0.3) is 0 Å². The third-order valence-corrected chi connectivity index (χ3v) is 7.05. The van der Waals surface area contributed by atoms with E-state index in [1.54, 1.807) is 0 Å². The fourth-order valence-electron chi connectivity index (χ4n) is 4.84. The molecule has 0 aliphatic heterocycles. The highest BCUT2D eigenvalue weighted by atomic mass is 16.5. The molecule has 0 fully saturated rings. The van der Waals surface area contributed by atoms with Crippen LogP contribution >= 0.6 is 0 Å². The summed E-state index contributed by atoms with van der Waals surface area (Å²) in [6.45, 7) is 0. The summed E-state index contributed by atoms with van der Waals surface area (Å²) in [6.07, 6.45) is 0. The summed E-state index contributed by atoms with van der Waals surface area (Å²) < 4.78 is 31.8. The number of carbonyl (C=O) groups is 4. The van der Waals surface area contributed by atoms with Gasteiger partial charge in [0.05, 0.1) is 42.7 Å². The SMILES string of the molecule is COc1cc(C(=O)C(=O)c2ccc(O)cc2-c2cc(O)ccc2C(=O)C(=O)c2cc(OC)c(OC)c(OC)c2)cc(OC)c1OC. The molecular formula is C34H30O12. The van der Waals surface area contributed by atoms with Crippen LogP contribution in [0, 0.1) is 0 Å². The fourth-order valence-corrected chi connectivity index (χ4v) is 4.84. The van der Waals surface area contributed by atoms with Crippen molar-refractivity contribution in [2.45, 2.75) is 0 Å². The minimum absolute atomic E-state index is 0.0942. The first-order valence-corrected chi connectivity index (χ1v) is 13.5. The molecule has 0 aliphatic rings. The Bertz CT molecular complexity index is 1670. The molecule has 0 atom stereocenters. The van der Waals surface area contributed by atoms with Gasteiger partial charge in [0.15, 0.2) is 23.0 Å². The van der Waals surface area contributed by atoms with E-state index in [2.05, 4.69) is 0 Å². The zero-order valence-corrected chi connectivity index (χ0v) is 25.8. The van der Waals surface area contributed by atoms with E-state index in [-0.39, 0.29) is 79.4 Å². The van der Waals surface area contributed by atoms with E-state index in [4.69, 9.17) is 28.4 Å². The molecule has 0 saturated carbocycles. The number of ether oxygens (including phenoxy) is 6. The fraction of sp³-hybridized carbons (Fsp3) is 0.176. The van der Waals surface area contributed by atoms with Gasteiger partial charge in [-0.3, -0.25) is 19.2 Å². The van der Waals surface area contributed by atoms with Gasteiger partial charge in [-0.25, -0.2) is 0 Å². The number of Topliss-reactive ketones (excluding diaryl/α,β-unsaturated/α-hetero) is 4. The molecule has 0 saturated heterocycles. The third kappa shape index (κ3) is 6.13. The van der Waals surface area contributed by atoms with Gasteiger partial charge in [0.1, 0.15) is 11.5 Å². The van der Waals surface area contributed by atoms with Crippen LogP contribution in [0.15, 0.2) is 60.7 Å². The minimum atomic E-state index is -1.03. The topological polar surface area (TPSA) is 164 Å². The van der Waals surface area contributed by atoms with E-state index in [9.17, 15) is 29.4 Å². The predicted octanol–water partition coefficient (Wildman–Crippen LogP) is 4.95. The molecule has 0 bridgehead atoms. The molecule has 0 spiro atoms. The number of carbonyl (C=O) groups excluding carboxylic acids is 4. The first-order valence-electron chi connectivity index (χ1n) is 13.5. The Labute approximate surface area is 263 Å². The molecule has 4 rings (SSSR count). The summed E-state index contributed by atoms with van der Waals surface area (Å²) in [7, 11) is 8.18. The molecule has 0 aliphatic carbocycles. The van der Waals surface area contributed by atoms with E-state index < -0.39 is 23.1 Å². The van der Waals surface area contributed by atoms with Crippen molar-refractivity contribution in [3.05, 3.63) is 82.9 Å². The van der Waals surface area contributed by atoms with Crippen molar-refractivity contribution in [1.82, 2.24) is 0 Å². The number of phenolic OH excluding ortho intramolecular Hbond substituents is 2. The zero-order valence-electron chi connectivity index (χ0n) is 25.8. The van der Waals surface area contributed by atoms with Gasteiger partial charge in [0.2, 0.25) is 34.6 Å². The molecule has 46 heavy (non-hydrogen) atoms. The highest BCUT2D eigenvalue weighted by Gasteiger charge is 2.29. The van der Waals surface area contributed by atoms with Crippen LogP contribution in [-0.2, 0) is 0 Å². The maximum Gasteiger partial charge on any atom is 0.234 e. The number of hydrogen-bond donors (Lipinski definition) is 2. The van der Waals surface area contributed by atoms with Gasteiger partial charge >= 0.3 is 0 Å². The second-order valence-corrected chi connectivity index (χ2v) is 9.60. The molecule has 4 aromatic rings. The maximum atomic E-state index is 13.7. The normalized spacial score (nSPS) is 10.5. The highest BCUT2D eigenvalue weighted by Crippen LogP contribution is 2.41. The lowest BCUT2D eigenvalue weighted by Gasteiger charge is -2.16. The van der Waals surface area contributed by atoms with E-state index in [1.165, 1.54) is 91.2 Å². The summed E-state index contributed by atoms with van der Waals surface area (Å²) in [5.74, 6) is -3.69. The van der Waals surface area contributed by atoms with Crippen molar-refractivity contribution >= 4 is 23.1 Å². The second kappa shape index (κ2) is 13.7. The number of aromatic hydroxyl groups is 2. The standard InChI is InChI=1S/C34H30O12/c1-41-25-11-17(12-26(42-2)33(25)45-5)29(37)31(39)21-9-7-19(35)15-23(21)24-16-20(36)8-10-22(24)32(40)30(38)18-13-27(43-3)34(46-6)28(14-18)44-4/h7-16,35-36H,1-6H3. The zero-order chi connectivity index (χ0) is 33.7. The monoisotopic (exact) mass is 630 g/mol. The van der Waals surface area contributed by atoms with Crippen molar-refractivity contribution < 1.29 is 57.8 Å². The smallest absolute Gasteiger partial charge is 0.234 e. The van der Waals surface area contributed by atoms with E-state index in [0.717, 1.165) is 12.1 Å². The first-order chi connectivity index (χ1) is 22.0. The van der Waals surface area contributed by atoms with Crippen LogP contribution in [0.2, 0.25) is 0 Å². The molecule has 238 valence electrons. The van der Waals surface area contributed by atoms with Crippen LogP contribution in [0.5, 0.6) is 46.0 Å². The van der Waals surface area contributed by atoms with Crippen molar-refractivity contribution in [3.63, 3.8) is 0 Å². The molecule has 12 heteroatoms. The summed E-state index contributed by atoms with van der Waals surface area (Å²) >= 11 is 0. The van der Waals surface area contributed by atoms with Gasteiger partial charge in [-0.2, -0.15) is 0 Å². The first kappa shape index (κ1) is 32.9. The number of methoxy groups -OCH3 is 6. The van der Waals surface area contributed by atoms with Gasteiger partial charge in [-0.15, -0.1) is 0 Å².